The number of nitrogens with zero attached hydrogens (tertiary/aromatic N) is 4. The zero-order chi connectivity index (χ0) is 24.3. The summed E-state index contributed by atoms with van der Waals surface area (Å²) in [6.07, 6.45) is 0.424. The summed E-state index contributed by atoms with van der Waals surface area (Å²) in [7, 11) is 3.99. The van der Waals surface area contributed by atoms with Crippen molar-refractivity contribution in [3.8, 4) is 5.69 Å². The molecular weight excluding hydrogens is 412 g/mol. The number of hydrogen-bond donors (Lipinski definition) is 0. The molecule has 0 bridgehead atoms. The molecule has 0 spiro atoms. The van der Waals surface area contributed by atoms with Crippen LogP contribution in [-0.2, 0) is 4.79 Å². The van der Waals surface area contributed by atoms with Crippen LogP contribution in [-0.4, -0.2) is 52.4 Å². The molecule has 3 aromatic rings. The van der Waals surface area contributed by atoms with Gasteiger partial charge in [0.25, 0.3) is 5.56 Å². The molecule has 0 N–H and O–H groups in total. The van der Waals surface area contributed by atoms with E-state index in [2.05, 4.69) is 25.7 Å². The van der Waals surface area contributed by atoms with Gasteiger partial charge in [0.05, 0.1) is 22.6 Å². The van der Waals surface area contributed by atoms with Crippen molar-refractivity contribution in [1.29, 1.82) is 0 Å². The topological polar surface area (TPSA) is 58.4 Å². The molecule has 2 aromatic carbocycles. The zero-order valence-corrected chi connectivity index (χ0v) is 20.9. The Labute approximate surface area is 196 Å². The van der Waals surface area contributed by atoms with E-state index < -0.39 is 0 Å². The highest BCUT2D eigenvalue weighted by atomic mass is 16.2. The van der Waals surface area contributed by atoms with Crippen molar-refractivity contribution in [1.82, 2.24) is 19.4 Å². The summed E-state index contributed by atoms with van der Waals surface area (Å²) in [6, 6.07) is 14.9. The quantitative estimate of drug-likeness (QED) is 0.531. The summed E-state index contributed by atoms with van der Waals surface area (Å²) in [5, 5.41) is 0.566. The first-order valence-corrected chi connectivity index (χ1v) is 11.5. The molecule has 6 heteroatoms. The fourth-order valence-corrected chi connectivity index (χ4v) is 3.98. The Morgan fingerprint density at radius 3 is 2.39 bits per heavy atom. The van der Waals surface area contributed by atoms with E-state index in [0.29, 0.717) is 29.7 Å². The lowest BCUT2D eigenvalue weighted by Gasteiger charge is -2.33. The summed E-state index contributed by atoms with van der Waals surface area (Å²) in [4.78, 5) is 35.9. The van der Waals surface area contributed by atoms with Gasteiger partial charge >= 0.3 is 0 Å². The number of fused-ring (bicyclic) bond motifs is 1. The van der Waals surface area contributed by atoms with E-state index in [9.17, 15) is 9.59 Å². The SMILES string of the molecule is Cc1cccc(-n2c(C(C)N(CCN(C)C)C(=O)CC(C)(C)C)nc3ccccc3c2=O)c1. The van der Waals surface area contributed by atoms with Crippen molar-refractivity contribution in [2.45, 2.75) is 47.1 Å². The summed E-state index contributed by atoms with van der Waals surface area (Å²) >= 11 is 0. The molecule has 0 aliphatic heterocycles. The van der Waals surface area contributed by atoms with Crippen molar-refractivity contribution in [3.63, 3.8) is 0 Å². The molecule has 1 aromatic heterocycles. The highest BCUT2D eigenvalue weighted by molar-refractivity contribution is 5.79. The number of carbonyl (C=O) groups excluding carboxylic acids is 1. The van der Waals surface area contributed by atoms with Gasteiger partial charge in [-0.05, 0) is 63.2 Å². The summed E-state index contributed by atoms with van der Waals surface area (Å²) in [5.74, 6) is 0.639. The molecule has 0 saturated carbocycles. The van der Waals surface area contributed by atoms with Crippen LogP contribution < -0.4 is 5.56 Å². The average Bonchev–Trinajstić information content (AvgIpc) is 2.72. The van der Waals surface area contributed by atoms with Crippen LogP contribution in [0.1, 0.15) is 51.5 Å². The Kier molecular flexibility index (Phi) is 7.38. The van der Waals surface area contributed by atoms with E-state index in [4.69, 9.17) is 4.98 Å². The van der Waals surface area contributed by atoms with Crippen LogP contribution in [0.25, 0.3) is 16.6 Å². The van der Waals surface area contributed by atoms with Crippen LogP contribution in [0, 0.1) is 12.3 Å². The Bertz CT molecular complexity index is 1190. The van der Waals surface area contributed by atoms with Crippen molar-refractivity contribution < 1.29 is 4.79 Å². The minimum Gasteiger partial charge on any atom is -0.331 e. The van der Waals surface area contributed by atoms with Crippen LogP contribution >= 0.6 is 0 Å². The zero-order valence-electron chi connectivity index (χ0n) is 20.9. The largest absolute Gasteiger partial charge is 0.331 e. The third kappa shape index (κ3) is 5.88. The number of aromatic nitrogens is 2. The van der Waals surface area contributed by atoms with Crippen molar-refractivity contribution in [2.24, 2.45) is 5.41 Å². The summed E-state index contributed by atoms with van der Waals surface area (Å²) < 4.78 is 1.67. The molecule has 0 radical (unpaired) electrons. The normalized spacial score (nSPS) is 12.8. The van der Waals surface area contributed by atoms with Gasteiger partial charge in [-0.15, -0.1) is 0 Å². The minimum absolute atomic E-state index is 0.0649. The number of benzene rings is 2. The van der Waals surface area contributed by atoms with Gasteiger partial charge < -0.3 is 9.80 Å². The van der Waals surface area contributed by atoms with Gasteiger partial charge in [0.1, 0.15) is 5.82 Å². The Balaban J connectivity index is 2.20. The maximum Gasteiger partial charge on any atom is 0.266 e. The lowest BCUT2D eigenvalue weighted by Crippen LogP contribution is -2.42. The van der Waals surface area contributed by atoms with Gasteiger partial charge in [0, 0.05) is 19.5 Å². The van der Waals surface area contributed by atoms with Crippen LogP contribution in [0.5, 0.6) is 0 Å². The molecule has 1 amide bonds. The fourth-order valence-electron chi connectivity index (χ4n) is 3.98. The molecule has 1 atom stereocenters. The van der Waals surface area contributed by atoms with Crippen LogP contribution in [0.2, 0.25) is 0 Å². The third-order valence-corrected chi connectivity index (χ3v) is 5.69. The minimum atomic E-state index is -0.377. The van der Waals surface area contributed by atoms with Crippen molar-refractivity contribution in [2.75, 3.05) is 27.2 Å². The van der Waals surface area contributed by atoms with Crippen LogP contribution in [0.4, 0.5) is 0 Å². The third-order valence-electron chi connectivity index (χ3n) is 5.69. The summed E-state index contributed by atoms with van der Waals surface area (Å²) in [6.45, 7) is 11.5. The second-order valence-corrected chi connectivity index (χ2v) is 10.3. The highest BCUT2D eigenvalue weighted by Crippen LogP contribution is 2.27. The smallest absolute Gasteiger partial charge is 0.266 e. The van der Waals surface area contributed by atoms with E-state index in [1.54, 1.807) is 10.6 Å². The Morgan fingerprint density at radius 1 is 1.06 bits per heavy atom. The molecular formula is C27H36N4O2. The first kappa shape index (κ1) is 24.6. The number of hydrogen-bond acceptors (Lipinski definition) is 4. The van der Waals surface area contributed by atoms with Crippen LogP contribution in [0.15, 0.2) is 53.3 Å². The molecule has 176 valence electrons. The lowest BCUT2D eigenvalue weighted by atomic mass is 9.91. The summed E-state index contributed by atoms with van der Waals surface area (Å²) in [5.41, 5.74) is 2.20. The highest BCUT2D eigenvalue weighted by Gasteiger charge is 2.29. The molecule has 1 heterocycles. The standard InChI is InChI=1S/C27H36N4O2/c1-19-11-10-12-21(17-19)31-25(28-23-14-9-8-13-22(23)26(31)33)20(2)30(16-15-29(6)7)24(32)18-27(3,4)5/h8-14,17,20H,15-16,18H2,1-7H3. The fraction of sp³-hybridized carbons (Fsp3) is 0.444. The predicted molar refractivity (Wildman–Crippen MR) is 135 cm³/mol. The van der Waals surface area contributed by atoms with Gasteiger partial charge in [-0.1, -0.05) is 45.0 Å². The van der Waals surface area contributed by atoms with Crippen LogP contribution in [0.3, 0.4) is 0 Å². The van der Waals surface area contributed by atoms with E-state index in [1.165, 1.54) is 0 Å². The van der Waals surface area contributed by atoms with Gasteiger partial charge in [-0.2, -0.15) is 0 Å². The van der Waals surface area contributed by atoms with Crippen molar-refractivity contribution >= 4 is 16.8 Å². The number of rotatable bonds is 7. The molecule has 0 saturated heterocycles. The first-order chi connectivity index (χ1) is 15.5. The molecule has 6 nitrogen and oxygen atoms in total. The maximum absolute atomic E-state index is 13.7. The van der Waals surface area contributed by atoms with E-state index >= 15 is 0 Å². The number of para-hydroxylation sites is 1. The number of likely N-dealkylation sites (N-methyl/N-ethyl adjacent to an activating group) is 1. The number of aryl methyl sites for hydroxylation is 1. The Hall–Kier alpha value is -2.99. The van der Waals surface area contributed by atoms with Crippen molar-refractivity contribution in [3.05, 3.63) is 70.3 Å². The van der Waals surface area contributed by atoms with Gasteiger partial charge in [-0.25, -0.2) is 4.98 Å². The molecule has 0 aliphatic carbocycles. The van der Waals surface area contributed by atoms with Gasteiger partial charge in [0.2, 0.25) is 5.91 Å². The van der Waals surface area contributed by atoms with E-state index in [1.807, 2.05) is 75.3 Å². The average molecular weight is 449 g/mol. The molecule has 1 unspecified atom stereocenters. The monoisotopic (exact) mass is 448 g/mol. The number of carbonyl (C=O) groups is 1. The lowest BCUT2D eigenvalue weighted by molar-refractivity contribution is -0.135. The predicted octanol–water partition coefficient (Wildman–Crippen LogP) is 4.58. The second-order valence-electron chi connectivity index (χ2n) is 10.3. The van der Waals surface area contributed by atoms with E-state index in [-0.39, 0.29) is 22.9 Å². The Morgan fingerprint density at radius 2 is 1.76 bits per heavy atom. The molecule has 0 aliphatic rings. The molecule has 0 fully saturated rings. The maximum atomic E-state index is 13.7. The number of amides is 1. The van der Waals surface area contributed by atoms with Gasteiger partial charge in [-0.3, -0.25) is 14.2 Å². The van der Waals surface area contributed by atoms with Gasteiger partial charge in [0.15, 0.2) is 0 Å². The first-order valence-electron chi connectivity index (χ1n) is 11.5. The molecule has 33 heavy (non-hydrogen) atoms. The molecule has 3 rings (SSSR count). The second kappa shape index (κ2) is 9.87. The van der Waals surface area contributed by atoms with E-state index in [0.717, 1.165) is 17.8 Å².